The van der Waals surface area contributed by atoms with E-state index in [-0.39, 0.29) is 42.1 Å². The maximum Gasteiger partial charge on any atom is 0.331 e. The fraction of sp³-hybridized carbons (Fsp3) is 0.333. The standard InChI is InChI=1S/C27H28N2O5/c1-17-19(25(32)24-21(30)12-8-13-22(24)31)14-15-20-23(17)26(33)29(27(34)28(20)2)16-7-6-11-18-9-4-3-5-10-18/h3-5,9-10,14-15,32H,6-8,11-13,16H2,1-2H3. The Morgan fingerprint density at radius 3 is 2.29 bits per heavy atom. The molecule has 1 saturated carbocycles. The Morgan fingerprint density at radius 1 is 0.941 bits per heavy atom. The first-order valence-electron chi connectivity index (χ1n) is 11.6. The van der Waals surface area contributed by atoms with Gasteiger partial charge in [-0.15, -0.1) is 0 Å². The van der Waals surface area contributed by atoms with Crippen molar-refractivity contribution >= 4 is 28.2 Å². The number of nitrogens with zero attached hydrogens (tertiary/aromatic N) is 2. The number of aryl methyl sites for hydroxylation is 3. The summed E-state index contributed by atoms with van der Waals surface area (Å²) in [6, 6.07) is 13.2. The number of rotatable bonds is 6. The summed E-state index contributed by atoms with van der Waals surface area (Å²) in [5, 5.41) is 11.1. The van der Waals surface area contributed by atoms with Gasteiger partial charge >= 0.3 is 5.69 Å². The van der Waals surface area contributed by atoms with Crippen LogP contribution >= 0.6 is 0 Å². The van der Waals surface area contributed by atoms with E-state index < -0.39 is 17.0 Å². The van der Waals surface area contributed by atoms with Gasteiger partial charge in [0.2, 0.25) is 0 Å². The Kier molecular flexibility index (Phi) is 6.63. The Hall–Kier alpha value is -3.74. The molecule has 0 radical (unpaired) electrons. The van der Waals surface area contributed by atoms with E-state index in [1.54, 1.807) is 26.1 Å². The summed E-state index contributed by atoms with van der Waals surface area (Å²) < 4.78 is 2.65. The minimum absolute atomic E-state index is 0.195. The van der Waals surface area contributed by atoms with Gasteiger partial charge in [0.25, 0.3) is 5.56 Å². The summed E-state index contributed by atoms with van der Waals surface area (Å²) in [7, 11) is 1.61. The van der Waals surface area contributed by atoms with Gasteiger partial charge in [-0.05, 0) is 55.9 Å². The van der Waals surface area contributed by atoms with E-state index in [4.69, 9.17) is 0 Å². The quantitative estimate of drug-likeness (QED) is 0.262. The molecule has 0 amide bonds. The average Bonchev–Trinajstić information content (AvgIpc) is 2.82. The van der Waals surface area contributed by atoms with E-state index >= 15 is 0 Å². The molecular weight excluding hydrogens is 432 g/mol. The number of hydrogen-bond acceptors (Lipinski definition) is 5. The summed E-state index contributed by atoms with van der Waals surface area (Å²) in [4.78, 5) is 50.9. The van der Waals surface area contributed by atoms with Crippen LogP contribution < -0.4 is 11.2 Å². The third-order valence-electron chi connectivity index (χ3n) is 6.58. The number of fused-ring (bicyclic) bond motifs is 1. The van der Waals surface area contributed by atoms with Crippen LogP contribution in [0.1, 0.15) is 48.8 Å². The first-order chi connectivity index (χ1) is 16.3. The average molecular weight is 461 g/mol. The fourth-order valence-electron chi connectivity index (χ4n) is 4.66. The number of aliphatic hydroxyl groups excluding tert-OH is 1. The summed E-state index contributed by atoms with van der Waals surface area (Å²) in [6.07, 6.45) is 3.24. The Bertz CT molecular complexity index is 1410. The highest BCUT2D eigenvalue weighted by Gasteiger charge is 2.28. The van der Waals surface area contributed by atoms with Crippen molar-refractivity contribution in [1.29, 1.82) is 0 Å². The fourth-order valence-corrected chi connectivity index (χ4v) is 4.66. The first-order valence-corrected chi connectivity index (χ1v) is 11.6. The van der Waals surface area contributed by atoms with E-state index in [0.717, 1.165) is 12.8 Å². The summed E-state index contributed by atoms with van der Waals surface area (Å²) in [5.74, 6) is -1.16. The van der Waals surface area contributed by atoms with Gasteiger partial charge in [0.1, 0.15) is 11.3 Å². The second-order valence-corrected chi connectivity index (χ2v) is 8.80. The highest BCUT2D eigenvalue weighted by Crippen LogP contribution is 2.29. The topological polar surface area (TPSA) is 98.4 Å². The van der Waals surface area contributed by atoms with Crippen LogP contribution in [0.4, 0.5) is 0 Å². The number of hydrogen-bond donors (Lipinski definition) is 1. The van der Waals surface area contributed by atoms with Gasteiger partial charge in [-0.2, -0.15) is 0 Å². The van der Waals surface area contributed by atoms with E-state index in [1.165, 1.54) is 14.7 Å². The van der Waals surface area contributed by atoms with Crippen molar-refractivity contribution in [1.82, 2.24) is 9.13 Å². The molecule has 1 aliphatic rings. The van der Waals surface area contributed by atoms with E-state index in [0.29, 0.717) is 29.3 Å². The normalized spacial score (nSPS) is 14.1. The van der Waals surface area contributed by atoms with Crippen molar-refractivity contribution in [2.45, 2.75) is 52.0 Å². The van der Waals surface area contributed by atoms with Gasteiger partial charge in [0, 0.05) is 32.0 Å². The van der Waals surface area contributed by atoms with Crippen molar-refractivity contribution in [3.05, 3.63) is 85.6 Å². The molecule has 0 atom stereocenters. The zero-order valence-corrected chi connectivity index (χ0v) is 19.5. The molecule has 0 aliphatic heterocycles. The van der Waals surface area contributed by atoms with Crippen molar-refractivity contribution in [2.24, 2.45) is 7.05 Å². The van der Waals surface area contributed by atoms with E-state index in [9.17, 15) is 24.3 Å². The summed E-state index contributed by atoms with van der Waals surface area (Å²) in [6.45, 7) is 1.94. The van der Waals surface area contributed by atoms with Crippen LogP contribution in [0.15, 0.2) is 57.6 Å². The molecule has 1 heterocycles. The lowest BCUT2D eigenvalue weighted by Crippen LogP contribution is -2.39. The number of carbonyl (C=O) groups excluding carboxylic acids is 2. The maximum atomic E-state index is 13.4. The van der Waals surface area contributed by atoms with Crippen LogP contribution in [0.5, 0.6) is 0 Å². The van der Waals surface area contributed by atoms with Crippen LogP contribution in [0, 0.1) is 6.92 Å². The van der Waals surface area contributed by atoms with Crippen molar-refractivity contribution < 1.29 is 14.7 Å². The van der Waals surface area contributed by atoms with Gasteiger partial charge in [-0.1, -0.05) is 30.3 Å². The van der Waals surface area contributed by atoms with E-state index in [2.05, 4.69) is 12.1 Å². The number of unbranched alkanes of at least 4 members (excludes halogenated alkanes) is 1. The van der Waals surface area contributed by atoms with E-state index in [1.807, 2.05) is 18.2 Å². The molecule has 1 aliphatic carbocycles. The summed E-state index contributed by atoms with van der Waals surface area (Å²) in [5.41, 5.74) is 1.32. The minimum atomic E-state index is -0.434. The van der Waals surface area contributed by atoms with Gasteiger partial charge in [-0.3, -0.25) is 23.5 Å². The predicted molar refractivity (Wildman–Crippen MR) is 131 cm³/mol. The number of Topliss-reactive ketones (excluding diaryl/α,β-unsaturated/α-hetero) is 2. The Morgan fingerprint density at radius 2 is 1.62 bits per heavy atom. The predicted octanol–water partition coefficient (Wildman–Crippen LogP) is 3.62. The van der Waals surface area contributed by atoms with Gasteiger partial charge < -0.3 is 5.11 Å². The molecule has 1 aromatic heterocycles. The van der Waals surface area contributed by atoms with Crippen LogP contribution in [0.2, 0.25) is 0 Å². The minimum Gasteiger partial charge on any atom is -0.506 e. The largest absolute Gasteiger partial charge is 0.506 e. The molecule has 3 aromatic rings. The molecule has 0 saturated heterocycles. The second kappa shape index (κ2) is 9.63. The number of allylic oxidation sites excluding steroid dienone is 1. The molecule has 1 fully saturated rings. The molecule has 4 rings (SSSR count). The molecule has 0 bridgehead atoms. The van der Waals surface area contributed by atoms with Gasteiger partial charge in [0.05, 0.1) is 10.9 Å². The zero-order valence-electron chi connectivity index (χ0n) is 19.5. The lowest BCUT2D eigenvalue weighted by Gasteiger charge is -2.17. The third-order valence-corrected chi connectivity index (χ3v) is 6.58. The Labute approximate surface area is 197 Å². The molecule has 0 spiro atoms. The third kappa shape index (κ3) is 4.25. The number of aliphatic hydroxyl groups is 1. The monoisotopic (exact) mass is 460 g/mol. The van der Waals surface area contributed by atoms with Crippen LogP contribution in [-0.2, 0) is 29.6 Å². The lowest BCUT2D eigenvalue weighted by atomic mass is 9.88. The zero-order chi connectivity index (χ0) is 24.4. The van der Waals surface area contributed by atoms with Crippen LogP contribution in [-0.4, -0.2) is 25.8 Å². The number of ketones is 2. The summed E-state index contributed by atoms with van der Waals surface area (Å²) >= 11 is 0. The molecule has 2 aromatic carbocycles. The molecule has 7 heteroatoms. The number of carbonyl (C=O) groups is 2. The van der Waals surface area contributed by atoms with Gasteiger partial charge in [-0.25, -0.2) is 4.79 Å². The maximum absolute atomic E-state index is 13.4. The molecule has 7 nitrogen and oxygen atoms in total. The van der Waals surface area contributed by atoms with Crippen molar-refractivity contribution in [2.75, 3.05) is 0 Å². The molecule has 34 heavy (non-hydrogen) atoms. The first kappa shape index (κ1) is 23.4. The van der Waals surface area contributed by atoms with Crippen molar-refractivity contribution in [3.63, 3.8) is 0 Å². The molecule has 176 valence electrons. The van der Waals surface area contributed by atoms with Crippen molar-refractivity contribution in [3.8, 4) is 0 Å². The number of aromatic nitrogens is 2. The molecule has 1 N–H and O–H groups in total. The lowest BCUT2D eigenvalue weighted by molar-refractivity contribution is -0.123. The number of benzene rings is 2. The second-order valence-electron chi connectivity index (χ2n) is 8.80. The highest BCUT2D eigenvalue weighted by molar-refractivity contribution is 6.25. The van der Waals surface area contributed by atoms with Gasteiger partial charge in [0.15, 0.2) is 11.6 Å². The highest BCUT2D eigenvalue weighted by atomic mass is 16.3. The van der Waals surface area contributed by atoms with Crippen LogP contribution in [0.3, 0.4) is 0 Å². The smallest absolute Gasteiger partial charge is 0.331 e. The van der Waals surface area contributed by atoms with Crippen LogP contribution in [0.25, 0.3) is 16.7 Å². The molecule has 0 unspecified atom stereocenters. The molecular formula is C27H28N2O5. The Balaban J connectivity index is 1.73. The SMILES string of the molecule is Cc1c(C(O)=C2C(=O)CCCC2=O)ccc2c1c(=O)n(CCCCc1ccccc1)c(=O)n2C.